The normalized spacial score (nSPS) is 24.4. The third-order valence-corrected chi connectivity index (χ3v) is 9.47. The van der Waals surface area contributed by atoms with Crippen LogP contribution in [-0.2, 0) is 48.0 Å². The van der Waals surface area contributed by atoms with Gasteiger partial charge in [0.05, 0.1) is 14.2 Å². The summed E-state index contributed by atoms with van der Waals surface area (Å²) in [6, 6.07) is 12.1. The van der Waals surface area contributed by atoms with E-state index in [1.807, 2.05) is 0 Å². The van der Waals surface area contributed by atoms with Crippen LogP contribution < -0.4 is 40.8 Å². The molecule has 3 heterocycles. The Labute approximate surface area is 313 Å². The number of rotatable bonds is 4. The van der Waals surface area contributed by atoms with Gasteiger partial charge in [0, 0.05) is 26.3 Å². The highest BCUT2D eigenvalue weighted by molar-refractivity contribution is 5.98. The Morgan fingerprint density at radius 2 is 1.22 bits per heavy atom. The second-order valence-corrected chi connectivity index (χ2v) is 13.5. The van der Waals surface area contributed by atoms with Gasteiger partial charge in [-0.15, -0.1) is 0 Å². The van der Waals surface area contributed by atoms with Gasteiger partial charge >= 0.3 is 0 Å². The van der Waals surface area contributed by atoms with E-state index in [0.29, 0.717) is 39.7 Å². The number of fused-ring (bicyclic) bond motifs is 2. The van der Waals surface area contributed by atoms with Gasteiger partial charge in [-0.2, -0.15) is 0 Å². The van der Waals surface area contributed by atoms with Crippen molar-refractivity contribution in [2.75, 3.05) is 21.3 Å². The van der Waals surface area contributed by atoms with Gasteiger partial charge in [0.15, 0.2) is 11.5 Å². The minimum atomic E-state index is -1.17. The molecule has 6 rings (SSSR count). The van der Waals surface area contributed by atoms with Crippen LogP contribution in [-0.4, -0.2) is 97.9 Å². The molecule has 3 aliphatic heterocycles. The Morgan fingerprint density at radius 3 is 1.85 bits per heavy atom. The summed E-state index contributed by atoms with van der Waals surface area (Å²) < 4.78 is 16.9. The van der Waals surface area contributed by atoms with Gasteiger partial charge in [0.2, 0.25) is 35.4 Å². The highest BCUT2D eigenvalue weighted by atomic mass is 16.5. The molecular formula is C39H46N6O9. The van der Waals surface area contributed by atoms with E-state index >= 15 is 0 Å². The molecule has 286 valence electrons. The predicted molar refractivity (Wildman–Crippen MR) is 197 cm³/mol. The highest BCUT2D eigenvalue weighted by Crippen LogP contribution is 2.33. The fraction of sp³-hybridized carbons (Fsp3) is 0.385. The van der Waals surface area contributed by atoms with E-state index in [0.717, 1.165) is 0 Å². The Balaban J connectivity index is 1.52. The van der Waals surface area contributed by atoms with E-state index in [2.05, 4.69) is 26.6 Å². The van der Waals surface area contributed by atoms with Gasteiger partial charge in [-0.1, -0.05) is 30.3 Å². The van der Waals surface area contributed by atoms with Crippen molar-refractivity contribution in [3.63, 3.8) is 0 Å². The van der Waals surface area contributed by atoms with Gasteiger partial charge in [0.25, 0.3) is 0 Å². The number of benzene rings is 3. The van der Waals surface area contributed by atoms with Crippen molar-refractivity contribution in [2.45, 2.75) is 76.3 Å². The number of nitrogens with zero attached hydrogens (tertiary/aromatic N) is 1. The number of methoxy groups -OCH3 is 2. The average Bonchev–Trinajstić information content (AvgIpc) is 3.15. The summed E-state index contributed by atoms with van der Waals surface area (Å²) in [6.07, 6.45) is 0.0826. The number of hydrogen-bond donors (Lipinski definition) is 5. The van der Waals surface area contributed by atoms with Crippen LogP contribution >= 0.6 is 0 Å². The van der Waals surface area contributed by atoms with Gasteiger partial charge in [0.1, 0.15) is 47.8 Å². The molecule has 6 bridgehead atoms. The van der Waals surface area contributed by atoms with E-state index in [4.69, 9.17) is 14.2 Å². The second kappa shape index (κ2) is 17.1. The van der Waals surface area contributed by atoms with Crippen LogP contribution in [0.2, 0.25) is 0 Å². The van der Waals surface area contributed by atoms with Gasteiger partial charge in [-0.25, -0.2) is 0 Å². The summed E-state index contributed by atoms with van der Waals surface area (Å²) in [5.41, 5.74) is 1.98. The molecule has 0 unspecified atom stereocenters. The smallest absolute Gasteiger partial charge is 0.245 e. The average molecular weight is 743 g/mol. The number of ether oxygens (including phenoxy) is 3. The van der Waals surface area contributed by atoms with Crippen molar-refractivity contribution in [1.82, 2.24) is 31.5 Å². The van der Waals surface area contributed by atoms with Crippen LogP contribution in [0, 0.1) is 0 Å². The second-order valence-electron chi connectivity index (χ2n) is 13.5. The van der Waals surface area contributed by atoms with E-state index in [1.165, 1.54) is 46.9 Å². The lowest BCUT2D eigenvalue weighted by atomic mass is 9.99. The van der Waals surface area contributed by atoms with Crippen molar-refractivity contribution in [2.24, 2.45) is 0 Å². The van der Waals surface area contributed by atoms with E-state index < -0.39 is 71.7 Å². The van der Waals surface area contributed by atoms with Crippen molar-refractivity contribution >= 4 is 35.4 Å². The minimum absolute atomic E-state index is 0.00185. The zero-order chi connectivity index (χ0) is 39.1. The van der Waals surface area contributed by atoms with Crippen molar-refractivity contribution in [3.8, 4) is 23.0 Å². The van der Waals surface area contributed by atoms with E-state index in [9.17, 15) is 28.8 Å². The summed E-state index contributed by atoms with van der Waals surface area (Å²) in [5.74, 6) is -1.95. The maximum Gasteiger partial charge on any atom is 0.245 e. The number of likely N-dealkylation sites (N-methyl/N-ethyl adjacent to an activating group) is 1. The first kappa shape index (κ1) is 39.1. The molecule has 0 spiro atoms. The molecule has 0 saturated carbocycles. The zero-order valence-electron chi connectivity index (χ0n) is 31.1. The van der Waals surface area contributed by atoms with Crippen LogP contribution in [0.25, 0.3) is 0 Å². The molecule has 1 saturated heterocycles. The maximum absolute atomic E-state index is 14.4. The summed E-state index contributed by atoms with van der Waals surface area (Å²) in [7, 11) is 4.48. The van der Waals surface area contributed by atoms with E-state index in [1.54, 1.807) is 66.7 Å². The predicted octanol–water partition coefficient (Wildman–Crippen LogP) is 1.16. The van der Waals surface area contributed by atoms with Crippen molar-refractivity contribution in [1.29, 1.82) is 0 Å². The van der Waals surface area contributed by atoms with Crippen molar-refractivity contribution in [3.05, 3.63) is 83.4 Å². The fourth-order valence-electron chi connectivity index (χ4n) is 6.17. The maximum atomic E-state index is 14.4. The lowest BCUT2D eigenvalue weighted by molar-refractivity contribution is -0.143. The highest BCUT2D eigenvalue weighted by Gasteiger charge is 2.36. The van der Waals surface area contributed by atoms with Crippen molar-refractivity contribution < 1.29 is 43.0 Å². The molecule has 1 fully saturated rings. The van der Waals surface area contributed by atoms with Crippen LogP contribution in [0.1, 0.15) is 37.5 Å². The van der Waals surface area contributed by atoms with E-state index in [-0.39, 0.29) is 19.3 Å². The molecule has 54 heavy (non-hydrogen) atoms. The molecule has 0 radical (unpaired) electrons. The number of carbonyl (C=O) groups is 6. The first-order valence-electron chi connectivity index (χ1n) is 17.6. The molecule has 5 N–H and O–H groups in total. The summed E-state index contributed by atoms with van der Waals surface area (Å²) >= 11 is 0. The number of hydrogen-bond acceptors (Lipinski definition) is 9. The van der Waals surface area contributed by atoms with Crippen LogP contribution in [0.4, 0.5) is 0 Å². The number of carbonyl (C=O) groups excluding carboxylic acids is 6. The topological polar surface area (TPSA) is 194 Å². The minimum Gasteiger partial charge on any atom is -0.497 e. The van der Waals surface area contributed by atoms with Gasteiger partial charge in [-0.05, 0) is 73.9 Å². The van der Waals surface area contributed by atoms with Crippen LogP contribution in [0.3, 0.4) is 0 Å². The Bertz CT molecular complexity index is 1880. The quantitative estimate of drug-likeness (QED) is 0.261. The summed E-state index contributed by atoms with van der Waals surface area (Å²) in [4.78, 5) is 83.8. The molecule has 15 heteroatoms. The number of amides is 6. The van der Waals surface area contributed by atoms with Crippen LogP contribution in [0.15, 0.2) is 66.7 Å². The lowest BCUT2D eigenvalue weighted by Gasteiger charge is -2.33. The largest absolute Gasteiger partial charge is 0.497 e. The first-order valence-corrected chi connectivity index (χ1v) is 17.6. The standard InChI is InChI=1S/C39H46N6O9/c1-21-34(46)40-22(2)35(47)43-29(17-24-7-12-27(52-5)13-8-24)37(49)41-23(3)36(48)44-30-18-25-9-14-28(15-10-25)54-33-20-26(11-16-32(33)53-6)19-31(38(50)42-21)45(4)39(30)51/h7-16,20-23,29-31H,17-19H2,1-6H3,(H,40,46)(H,41,49)(H,42,50)(H,43,47)(H,44,48)/t21-,22+,23+,29+,30+,31+/m1/s1. The molecule has 15 nitrogen and oxygen atoms in total. The molecule has 0 aromatic heterocycles. The molecule has 0 aliphatic carbocycles. The number of nitrogens with one attached hydrogen (secondary N) is 5. The Hall–Kier alpha value is -6.12. The molecule has 6 atom stereocenters. The summed E-state index contributed by atoms with van der Waals surface area (Å²) in [5, 5.41) is 13.4. The zero-order valence-corrected chi connectivity index (χ0v) is 31.1. The molecule has 3 aromatic carbocycles. The fourth-order valence-corrected chi connectivity index (χ4v) is 6.17. The molecule has 3 aromatic rings. The molecular weight excluding hydrogens is 696 g/mol. The van der Waals surface area contributed by atoms with Gasteiger partial charge < -0.3 is 45.7 Å². The summed E-state index contributed by atoms with van der Waals surface area (Å²) in [6.45, 7) is 4.36. The van der Waals surface area contributed by atoms with Crippen LogP contribution in [0.5, 0.6) is 23.0 Å². The molecule has 6 amide bonds. The lowest BCUT2D eigenvalue weighted by Crippen LogP contribution is -2.61. The van der Waals surface area contributed by atoms with Gasteiger partial charge in [-0.3, -0.25) is 28.8 Å². The Kier molecular flexibility index (Phi) is 12.4. The monoisotopic (exact) mass is 742 g/mol. The third kappa shape index (κ3) is 9.45. The Morgan fingerprint density at radius 1 is 0.648 bits per heavy atom. The third-order valence-electron chi connectivity index (χ3n) is 9.47. The molecule has 3 aliphatic rings. The first-order chi connectivity index (χ1) is 25.8. The SMILES string of the molecule is COc1ccc(C[C@@H]2NC(=O)[C@H](C)NC(=O)[C@@H](C)NC(=O)[C@@H]3Cc4ccc(OC)c(c4)Oc4ccc(cc4)C[C@H](NC(=O)[C@H](C)NC2=O)C(=O)N3C)cc1.